The Morgan fingerprint density at radius 3 is 3.10 bits per heavy atom. The Hall–Kier alpha value is -0.710. The number of fused-ring (bicyclic) bond motifs is 1. The molecular formula is C15H15BrClNOS. The van der Waals surface area contributed by atoms with Gasteiger partial charge in [0.1, 0.15) is 0 Å². The summed E-state index contributed by atoms with van der Waals surface area (Å²) in [7, 11) is 1.68. The van der Waals surface area contributed by atoms with Crippen molar-refractivity contribution >= 4 is 44.6 Å². The molecule has 1 aliphatic carbocycles. The van der Waals surface area contributed by atoms with E-state index in [1.807, 2.05) is 23.5 Å². The van der Waals surface area contributed by atoms with Crippen molar-refractivity contribution in [3.05, 3.63) is 43.5 Å². The highest BCUT2D eigenvalue weighted by Gasteiger charge is 2.22. The van der Waals surface area contributed by atoms with Gasteiger partial charge >= 0.3 is 0 Å². The minimum Gasteiger partial charge on any atom is -0.493 e. The van der Waals surface area contributed by atoms with Crippen molar-refractivity contribution in [1.82, 2.24) is 0 Å². The SMILES string of the molecule is COc1c(Br)cc(Cl)cc1NC1CCCc2sccc21. The summed E-state index contributed by atoms with van der Waals surface area (Å²) in [5.74, 6) is 0.803. The van der Waals surface area contributed by atoms with E-state index in [0.29, 0.717) is 11.1 Å². The first-order valence-electron chi connectivity index (χ1n) is 6.55. The van der Waals surface area contributed by atoms with E-state index in [1.54, 1.807) is 7.11 Å². The highest BCUT2D eigenvalue weighted by Crippen LogP contribution is 2.41. The molecule has 1 atom stereocenters. The molecule has 0 spiro atoms. The summed E-state index contributed by atoms with van der Waals surface area (Å²) in [4.78, 5) is 1.49. The first-order chi connectivity index (χ1) is 9.69. The summed E-state index contributed by atoms with van der Waals surface area (Å²) in [5, 5.41) is 6.46. The highest BCUT2D eigenvalue weighted by molar-refractivity contribution is 9.10. The Balaban J connectivity index is 1.93. The van der Waals surface area contributed by atoms with Gasteiger partial charge in [0.15, 0.2) is 5.75 Å². The second-order valence-corrected chi connectivity index (χ2v) is 7.15. The van der Waals surface area contributed by atoms with Crippen LogP contribution in [0.25, 0.3) is 0 Å². The van der Waals surface area contributed by atoms with Crippen LogP contribution in [-0.2, 0) is 6.42 Å². The fourth-order valence-electron chi connectivity index (χ4n) is 2.70. The molecule has 0 amide bonds. The molecule has 106 valence electrons. The maximum absolute atomic E-state index is 6.15. The highest BCUT2D eigenvalue weighted by atomic mass is 79.9. The zero-order chi connectivity index (χ0) is 14.1. The number of aryl methyl sites for hydroxylation is 1. The molecule has 0 bridgehead atoms. The van der Waals surface area contributed by atoms with Crippen molar-refractivity contribution < 1.29 is 4.74 Å². The largest absolute Gasteiger partial charge is 0.493 e. The van der Waals surface area contributed by atoms with Crippen molar-refractivity contribution in [3.63, 3.8) is 0 Å². The molecule has 1 heterocycles. The van der Waals surface area contributed by atoms with Crippen LogP contribution < -0.4 is 10.1 Å². The smallest absolute Gasteiger partial charge is 0.156 e. The fourth-order valence-corrected chi connectivity index (χ4v) is 4.66. The molecule has 1 unspecified atom stereocenters. The Kier molecular flexibility index (Phi) is 4.24. The number of hydrogen-bond acceptors (Lipinski definition) is 3. The average Bonchev–Trinajstić information content (AvgIpc) is 2.87. The molecule has 2 aromatic rings. The van der Waals surface area contributed by atoms with Gasteiger partial charge in [-0.25, -0.2) is 0 Å². The van der Waals surface area contributed by atoms with Crippen molar-refractivity contribution in [2.75, 3.05) is 12.4 Å². The molecule has 0 radical (unpaired) electrons. The minimum atomic E-state index is 0.337. The molecule has 1 aromatic carbocycles. The van der Waals surface area contributed by atoms with Crippen LogP contribution in [0.5, 0.6) is 5.75 Å². The Morgan fingerprint density at radius 2 is 2.30 bits per heavy atom. The van der Waals surface area contributed by atoms with Crippen LogP contribution in [0.2, 0.25) is 5.02 Å². The van der Waals surface area contributed by atoms with Crippen LogP contribution in [0.3, 0.4) is 0 Å². The second-order valence-electron chi connectivity index (χ2n) is 4.86. The maximum Gasteiger partial charge on any atom is 0.156 e. The Morgan fingerprint density at radius 1 is 1.45 bits per heavy atom. The van der Waals surface area contributed by atoms with E-state index in [1.165, 1.54) is 23.3 Å². The van der Waals surface area contributed by atoms with Gasteiger partial charge in [-0.05, 0) is 64.3 Å². The number of anilines is 1. The number of rotatable bonds is 3. The molecular weight excluding hydrogens is 358 g/mol. The topological polar surface area (TPSA) is 21.3 Å². The van der Waals surface area contributed by atoms with Crippen LogP contribution in [0.15, 0.2) is 28.1 Å². The monoisotopic (exact) mass is 371 g/mol. The standard InChI is InChI=1S/C15H15BrClNOS/c1-19-15-11(16)7-9(17)8-13(15)18-12-3-2-4-14-10(12)5-6-20-14/h5-8,12,18H,2-4H2,1H3. The number of methoxy groups -OCH3 is 1. The van der Waals surface area contributed by atoms with Gasteiger partial charge in [-0.2, -0.15) is 0 Å². The van der Waals surface area contributed by atoms with Gasteiger partial charge in [0.2, 0.25) is 0 Å². The van der Waals surface area contributed by atoms with Crippen LogP contribution in [0.1, 0.15) is 29.3 Å². The van der Waals surface area contributed by atoms with Gasteiger partial charge in [0.05, 0.1) is 23.3 Å². The zero-order valence-corrected chi connectivity index (χ0v) is 14.2. The lowest BCUT2D eigenvalue weighted by molar-refractivity contribution is 0.413. The third-order valence-electron chi connectivity index (χ3n) is 3.59. The summed E-state index contributed by atoms with van der Waals surface area (Å²) in [6, 6.07) is 6.33. The van der Waals surface area contributed by atoms with E-state index >= 15 is 0 Å². The summed E-state index contributed by atoms with van der Waals surface area (Å²) in [6.45, 7) is 0. The molecule has 0 fully saturated rings. The first kappa shape index (κ1) is 14.2. The molecule has 0 aliphatic heterocycles. The molecule has 0 saturated heterocycles. The lowest BCUT2D eigenvalue weighted by atomic mass is 9.94. The van der Waals surface area contributed by atoms with Gasteiger partial charge in [-0.15, -0.1) is 11.3 Å². The number of benzene rings is 1. The number of hydrogen-bond donors (Lipinski definition) is 1. The molecule has 5 heteroatoms. The van der Waals surface area contributed by atoms with E-state index in [2.05, 4.69) is 32.7 Å². The molecule has 1 aromatic heterocycles. The van der Waals surface area contributed by atoms with E-state index in [4.69, 9.17) is 16.3 Å². The first-order valence-corrected chi connectivity index (χ1v) is 8.60. The Bertz CT molecular complexity index is 628. The predicted molar refractivity (Wildman–Crippen MR) is 89.3 cm³/mol. The van der Waals surface area contributed by atoms with Gasteiger partial charge in [0.25, 0.3) is 0 Å². The number of nitrogens with one attached hydrogen (secondary N) is 1. The summed E-state index contributed by atoms with van der Waals surface area (Å²) >= 11 is 11.5. The van der Waals surface area contributed by atoms with E-state index < -0.39 is 0 Å². The van der Waals surface area contributed by atoms with Crippen molar-refractivity contribution in [2.24, 2.45) is 0 Å². The second kappa shape index (κ2) is 5.96. The van der Waals surface area contributed by atoms with Gasteiger partial charge in [-0.3, -0.25) is 0 Å². The number of ether oxygens (including phenoxy) is 1. The molecule has 2 nitrogen and oxygen atoms in total. The normalized spacial score (nSPS) is 17.6. The van der Waals surface area contributed by atoms with Gasteiger partial charge in [0, 0.05) is 9.90 Å². The van der Waals surface area contributed by atoms with Crippen molar-refractivity contribution in [2.45, 2.75) is 25.3 Å². The van der Waals surface area contributed by atoms with Crippen molar-refractivity contribution in [3.8, 4) is 5.75 Å². The number of thiophene rings is 1. The molecule has 1 N–H and O–H groups in total. The van der Waals surface area contributed by atoms with Gasteiger partial charge in [-0.1, -0.05) is 11.6 Å². The van der Waals surface area contributed by atoms with Crippen LogP contribution in [0.4, 0.5) is 5.69 Å². The predicted octanol–water partition coefficient (Wildman–Crippen LogP) is 5.66. The molecule has 0 saturated carbocycles. The van der Waals surface area contributed by atoms with Crippen LogP contribution in [0, 0.1) is 0 Å². The quantitative estimate of drug-likeness (QED) is 0.750. The minimum absolute atomic E-state index is 0.337. The van der Waals surface area contributed by atoms with E-state index in [-0.39, 0.29) is 0 Å². The zero-order valence-electron chi connectivity index (χ0n) is 11.1. The van der Waals surface area contributed by atoms with E-state index in [0.717, 1.165) is 22.3 Å². The summed E-state index contributed by atoms with van der Waals surface area (Å²) < 4.78 is 6.35. The molecule has 20 heavy (non-hydrogen) atoms. The Labute approximate surface area is 136 Å². The summed E-state index contributed by atoms with van der Waals surface area (Å²) in [6.07, 6.45) is 3.55. The average molecular weight is 373 g/mol. The molecule has 1 aliphatic rings. The third kappa shape index (κ3) is 2.69. The molecule has 3 rings (SSSR count). The van der Waals surface area contributed by atoms with Crippen LogP contribution in [-0.4, -0.2) is 7.11 Å². The van der Waals surface area contributed by atoms with E-state index in [9.17, 15) is 0 Å². The third-order valence-corrected chi connectivity index (χ3v) is 5.40. The number of halogens is 2. The summed E-state index contributed by atoms with van der Waals surface area (Å²) in [5.41, 5.74) is 2.36. The lowest BCUT2D eigenvalue weighted by Gasteiger charge is -2.26. The van der Waals surface area contributed by atoms with Crippen LogP contribution >= 0.6 is 38.9 Å². The fraction of sp³-hybridized carbons (Fsp3) is 0.333. The lowest BCUT2D eigenvalue weighted by Crippen LogP contribution is -2.16. The van der Waals surface area contributed by atoms with Crippen molar-refractivity contribution in [1.29, 1.82) is 0 Å². The maximum atomic E-state index is 6.15. The van der Waals surface area contributed by atoms with Gasteiger partial charge < -0.3 is 10.1 Å².